The number of benzene rings is 1. The maximum atomic E-state index is 13.8. The van der Waals surface area contributed by atoms with Crippen molar-refractivity contribution in [2.75, 3.05) is 4.90 Å². The van der Waals surface area contributed by atoms with E-state index in [4.69, 9.17) is 5.26 Å². The number of carbonyl (C=O) groups excluding carboxylic acids is 1. The van der Waals surface area contributed by atoms with Crippen molar-refractivity contribution < 1.29 is 9.18 Å². The van der Waals surface area contributed by atoms with E-state index >= 15 is 0 Å². The van der Waals surface area contributed by atoms with Gasteiger partial charge < -0.3 is 4.90 Å². The van der Waals surface area contributed by atoms with E-state index in [1.165, 1.54) is 6.07 Å². The van der Waals surface area contributed by atoms with Gasteiger partial charge in [0.1, 0.15) is 11.9 Å². The zero-order valence-corrected chi connectivity index (χ0v) is 9.83. The summed E-state index contributed by atoms with van der Waals surface area (Å²) < 4.78 is 13.8. The molecule has 0 unspecified atom stereocenters. The molecule has 88 valence electrons. The molecule has 0 N–H and O–H groups in total. The first-order valence-corrected chi connectivity index (χ1v) is 5.57. The summed E-state index contributed by atoms with van der Waals surface area (Å²) in [7, 11) is 0. The van der Waals surface area contributed by atoms with Gasteiger partial charge in [-0.25, -0.2) is 4.39 Å². The van der Waals surface area contributed by atoms with Crippen molar-refractivity contribution in [1.29, 1.82) is 5.26 Å². The van der Waals surface area contributed by atoms with Crippen LogP contribution >= 0.6 is 0 Å². The van der Waals surface area contributed by atoms with Gasteiger partial charge in [0.15, 0.2) is 0 Å². The van der Waals surface area contributed by atoms with E-state index in [2.05, 4.69) is 0 Å². The molecule has 1 aromatic carbocycles. The Kier molecular flexibility index (Phi) is 2.84. The van der Waals surface area contributed by atoms with Crippen LogP contribution in [0.2, 0.25) is 0 Å². The zero-order valence-electron chi connectivity index (χ0n) is 9.83. The number of anilines is 1. The topological polar surface area (TPSA) is 44.1 Å². The zero-order chi connectivity index (χ0) is 12.6. The Balaban J connectivity index is 2.51. The highest BCUT2D eigenvalue weighted by molar-refractivity contribution is 5.96. The molecule has 17 heavy (non-hydrogen) atoms. The second-order valence-electron chi connectivity index (χ2n) is 4.33. The van der Waals surface area contributed by atoms with Crippen LogP contribution in [0.4, 0.5) is 10.1 Å². The Morgan fingerprint density at radius 2 is 2.24 bits per heavy atom. The third kappa shape index (κ3) is 1.78. The van der Waals surface area contributed by atoms with E-state index in [0.29, 0.717) is 17.7 Å². The number of hydrogen-bond acceptors (Lipinski definition) is 2. The Bertz CT molecular complexity index is 519. The predicted octanol–water partition coefficient (Wildman–Crippen LogP) is 2.52. The molecular weight excluding hydrogens is 219 g/mol. The van der Waals surface area contributed by atoms with Crippen LogP contribution in [0.25, 0.3) is 0 Å². The fourth-order valence-electron chi connectivity index (χ4n) is 2.22. The molecule has 1 aliphatic rings. The molecule has 1 atom stereocenters. The highest BCUT2D eigenvalue weighted by Gasteiger charge is 2.30. The van der Waals surface area contributed by atoms with E-state index in [9.17, 15) is 9.18 Å². The molecule has 0 spiro atoms. The molecule has 0 radical (unpaired) electrons. The van der Waals surface area contributed by atoms with E-state index < -0.39 is 5.82 Å². The number of nitrogens with zero attached hydrogens (tertiary/aromatic N) is 2. The van der Waals surface area contributed by atoms with Gasteiger partial charge in [-0.3, -0.25) is 4.79 Å². The summed E-state index contributed by atoms with van der Waals surface area (Å²) in [4.78, 5) is 13.4. The second kappa shape index (κ2) is 4.17. The van der Waals surface area contributed by atoms with Crippen LogP contribution in [0, 0.1) is 24.1 Å². The third-order valence-electron chi connectivity index (χ3n) is 3.22. The van der Waals surface area contributed by atoms with Crippen LogP contribution in [0.1, 0.15) is 30.9 Å². The van der Waals surface area contributed by atoms with Crippen molar-refractivity contribution in [3.63, 3.8) is 0 Å². The van der Waals surface area contributed by atoms with E-state index in [0.717, 1.165) is 6.42 Å². The molecule has 1 amide bonds. The number of carbonyl (C=O) groups is 1. The van der Waals surface area contributed by atoms with Crippen LogP contribution < -0.4 is 4.90 Å². The number of halogens is 1. The third-order valence-corrected chi connectivity index (χ3v) is 3.22. The number of rotatable bonds is 1. The summed E-state index contributed by atoms with van der Waals surface area (Å²) in [6.07, 6.45) is 1.29. The largest absolute Gasteiger partial charge is 0.309 e. The van der Waals surface area contributed by atoms with Crippen LogP contribution in [-0.4, -0.2) is 11.9 Å². The first-order chi connectivity index (χ1) is 8.06. The molecule has 0 saturated carbocycles. The average Bonchev–Trinajstić information content (AvgIpc) is 2.63. The monoisotopic (exact) mass is 232 g/mol. The Hall–Kier alpha value is -1.89. The lowest BCUT2D eigenvalue weighted by molar-refractivity contribution is -0.117. The van der Waals surface area contributed by atoms with Gasteiger partial charge in [-0.15, -0.1) is 0 Å². The molecule has 2 rings (SSSR count). The quantitative estimate of drug-likeness (QED) is 0.746. The second-order valence-corrected chi connectivity index (χ2v) is 4.33. The molecule has 1 aromatic rings. The molecule has 1 heterocycles. The van der Waals surface area contributed by atoms with Crippen molar-refractivity contribution in [3.8, 4) is 6.07 Å². The standard InChI is InChI=1S/C13H13FN2O/c1-8-3-6-12(17)16(8)11-5-4-10(7-15)13(14)9(11)2/h4-5,8H,3,6H2,1-2H3/t8-/m0/s1. The first-order valence-electron chi connectivity index (χ1n) is 5.57. The number of amides is 1. The lowest BCUT2D eigenvalue weighted by atomic mass is 10.1. The smallest absolute Gasteiger partial charge is 0.227 e. The van der Waals surface area contributed by atoms with Gasteiger partial charge in [0.05, 0.1) is 5.56 Å². The van der Waals surface area contributed by atoms with Crippen LogP contribution in [-0.2, 0) is 4.79 Å². The van der Waals surface area contributed by atoms with Crippen molar-refractivity contribution in [2.24, 2.45) is 0 Å². The summed E-state index contributed by atoms with van der Waals surface area (Å²) in [6.45, 7) is 3.55. The van der Waals surface area contributed by atoms with Crippen molar-refractivity contribution in [2.45, 2.75) is 32.7 Å². The van der Waals surface area contributed by atoms with Crippen molar-refractivity contribution in [3.05, 3.63) is 29.1 Å². The lowest BCUT2D eigenvalue weighted by Crippen LogP contribution is -2.31. The maximum Gasteiger partial charge on any atom is 0.227 e. The van der Waals surface area contributed by atoms with Crippen molar-refractivity contribution in [1.82, 2.24) is 0 Å². The average molecular weight is 232 g/mol. The Morgan fingerprint density at radius 3 is 2.76 bits per heavy atom. The SMILES string of the molecule is Cc1c(N2C(=O)CC[C@@H]2C)ccc(C#N)c1F. The normalized spacial score (nSPS) is 19.5. The molecular formula is C13H13FN2O. The van der Waals surface area contributed by atoms with E-state index in [1.54, 1.807) is 24.0 Å². The van der Waals surface area contributed by atoms with Crippen LogP contribution in [0.3, 0.4) is 0 Å². The fraction of sp³-hybridized carbons (Fsp3) is 0.385. The maximum absolute atomic E-state index is 13.8. The van der Waals surface area contributed by atoms with Gasteiger partial charge in [-0.05, 0) is 32.4 Å². The first kappa shape index (κ1) is 11.6. The molecule has 0 aliphatic carbocycles. The molecule has 1 saturated heterocycles. The lowest BCUT2D eigenvalue weighted by Gasteiger charge is -2.24. The van der Waals surface area contributed by atoms with Gasteiger partial charge in [0.2, 0.25) is 5.91 Å². The van der Waals surface area contributed by atoms with Gasteiger partial charge in [-0.2, -0.15) is 5.26 Å². The summed E-state index contributed by atoms with van der Waals surface area (Å²) in [5.74, 6) is -0.512. The molecule has 1 fully saturated rings. The van der Waals surface area contributed by atoms with Gasteiger partial charge >= 0.3 is 0 Å². The summed E-state index contributed by atoms with van der Waals surface area (Å²) in [6, 6.07) is 4.97. The Morgan fingerprint density at radius 1 is 1.53 bits per heavy atom. The molecule has 1 aliphatic heterocycles. The minimum atomic E-state index is -0.531. The van der Waals surface area contributed by atoms with E-state index in [-0.39, 0.29) is 17.5 Å². The molecule has 4 heteroatoms. The molecule has 0 bridgehead atoms. The summed E-state index contributed by atoms with van der Waals surface area (Å²) >= 11 is 0. The number of nitriles is 1. The van der Waals surface area contributed by atoms with Gasteiger partial charge in [0, 0.05) is 23.7 Å². The Labute approximate surface area is 99.5 Å². The minimum absolute atomic E-state index is 0.0182. The predicted molar refractivity (Wildman–Crippen MR) is 62.0 cm³/mol. The highest BCUT2D eigenvalue weighted by atomic mass is 19.1. The number of hydrogen-bond donors (Lipinski definition) is 0. The molecule has 3 nitrogen and oxygen atoms in total. The van der Waals surface area contributed by atoms with Crippen molar-refractivity contribution >= 4 is 11.6 Å². The van der Waals surface area contributed by atoms with Gasteiger partial charge in [0.25, 0.3) is 0 Å². The molecule has 0 aromatic heterocycles. The van der Waals surface area contributed by atoms with Gasteiger partial charge in [-0.1, -0.05) is 0 Å². The van der Waals surface area contributed by atoms with Crippen LogP contribution in [0.15, 0.2) is 12.1 Å². The fourth-order valence-corrected chi connectivity index (χ4v) is 2.22. The summed E-state index contributed by atoms with van der Waals surface area (Å²) in [5, 5.41) is 8.73. The minimum Gasteiger partial charge on any atom is -0.309 e. The highest BCUT2D eigenvalue weighted by Crippen LogP contribution is 2.31. The van der Waals surface area contributed by atoms with Crippen LogP contribution in [0.5, 0.6) is 0 Å². The summed E-state index contributed by atoms with van der Waals surface area (Å²) in [5.41, 5.74) is 0.966. The van der Waals surface area contributed by atoms with E-state index in [1.807, 2.05) is 6.92 Å².